The number of nitrogens with one attached hydrogen (secondary N) is 1. The number of carbonyl (C=O) groups is 2. The molecule has 1 atom stereocenters. The highest BCUT2D eigenvalue weighted by atomic mass is 32.1. The molecule has 1 saturated heterocycles. The monoisotopic (exact) mass is 456 g/mol. The maximum absolute atomic E-state index is 13.6. The fourth-order valence-electron chi connectivity index (χ4n) is 4.15. The molecule has 0 saturated carbocycles. The van der Waals surface area contributed by atoms with E-state index in [1.807, 2.05) is 78.2 Å². The number of anilines is 1. The number of thiophene rings is 1. The van der Waals surface area contributed by atoms with Crippen molar-refractivity contribution in [1.82, 2.24) is 14.7 Å². The maximum atomic E-state index is 13.6. The first kappa shape index (κ1) is 21.2. The Labute approximate surface area is 196 Å². The van der Waals surface area contributed by atoms with Crippen molar-refractivity contribution < 1.29 is 9.59 Å². The molecule has 4 aromatic rings. The van der Waals surface area contributed by atoms with E-state index in [1.165, 1.54) is 0 Å². The number of piperidine rings is 1. The lowest BCUT2D eigenvalue weighted by Crippen LogP contribution is -2.43. The normalized spacial score (nSPS) is 15.9. The van der Waals surface area contributed by atoms with Gasteiger partial charge in [0.1, 0.15) is 5.69 Å². The molecule has 166 valence electrons. The Kier molecular flexibility index (Phi) is 6.04. The summed E-state index contributed by atoms with van der Waals surface area (Å²) in [4.78, 5) is 29.2. The third-order valence-electron chi connectivity index (χ3n) is 5.84. The van der Waals surface area contributed by atoms with Gasteiger partial charge in [-0.2, -0.15) is 5.10 Å². The third-order valence-corrected chi connectivity index (χ3v) is 6.72. The molecule has 7 heteroatoms. The summed E-state index contributed by atoms with van der Waals surface area (Å²) in [5.41, 5.74) is 2.91. The van der Waals surface area contributed by atoms with E-state index in [0.717, 1.165) is 29.1 Å². The zero-order valence-electron chi connectivity index (χ0n) is 18.1. The summed E-state index contributed by atoms with van der Waals surface area (Å²) < 4.78 is 1.76. The summed E-state index contributed by atoms with van der Waals surface area (Å²) >= 11 is 1.56. The molecule has 5 rings (SSSR count). The molecule has 0 aliphatic carbocycles. The van der Waals surface area contributed by atoms with Gasteiger partial charge in [-0.3, -0.25) is 9.59 Å². The van der Waals surface area contributed by atoms with E-state index in [2.05, 4.69) is 5.32 Å². The van der Waals surface area contributed by atoms with E-state index in [4.69, 9.17) is 5.10 Å². The standard InChI is InChI=1S/C26H24N4O2S/c31-25(27-20-10-3-1-4-11-20)19-9-7-15-29(17-19)26(32)22-18-30(21-12-5-2-6-13-21)28-24(22)23-14-8-16-33-23/h1-6,8,10-14,16,18-19H,7,9,15,17H2,(H,27,31). The van der Waals surface area contributed by atoms with E-state index >= 15 is 0 Å². The second-order valence-electron chi connectivity index (χ2n) is 8.09. The van der Waals surface area contributed by atoms with Crippen LogP contribution in [-0.4, -0.2) is 39.6 Å². The highest BCUT2D eigenvalue weighted by molar-refractivity contribution is 7.13. The molecule has 2 aromatic carbocycles. The molecular formula is C26H24N4O2S. The number of nitrogens with zero attached hydrogens (tertiary/aromatic N) is 3. The SMILES string of the molecule is O=C(Nc1ccccc1)C1CCCN(C(=O)c2cn(-c3ccccc3)nc2-c2cccs2)C1. The minimum atomic E-state index is -0.239. The molecule has 2 aromatic heterocycles. The molecule has 1 fully saturated rings. The first-order valence-electron chi connectivity index (χ1n) is 11.0. The molecule has 33 heavy (non-hydrogen) atoms. The van der Waals surface area contributed by atoms with E-state index in [-0.39, 0.29) is 17.7 Å². The Bertz CT molecular complexity index is 1240. The third kappa shape index (κ3) is 4.59. The van der Waals surface area contributed by atoms with Gasteiger partial charge < -0.3 is 10.2 Å². The molecular weight excluding hydrogens is 432 g/mol. The van der Waals surface area contributed by atoms with Crippen molar-refractivity contribution in [1.29, 1.82) is 0 Å². The quantitative estimate of drug-likeness (QED) is 0.455. The van der Waals surface area contributed by atoms with Crippen LogP contribution < -0.4 is 5.32 Å². The molecule has 0 radical (unpaired) electrons. The maximum Gasteiger partial charge on any atom is 0.257 e. The van der Waals surface area contributed by atoms with Crippen LogP contribution in [0.5, 0.6) is 0 Å². The van der Waals surface area contributed by atoms with Crippen LogP contribution in [0.3, 0.4) is 0 Å². The molecule has 1 unspecified atom stereocenters. The van der Waals surface area contributed by atoms with Crippen LogP contribution in [0.25, 0.3) is 16.3 Å². The number of carbonyl (C=O) groups excluding carboxylic acids is 2. The van der Waals surface area contributed by atoms with Crippen LogP contribution in [-0.2, 0) is 4.79 Å². The Hall–Kier alpha value is -3.71. The molecule has 6 nitrogen and oxygen atoms in total. The minimum Gasteiger partial charge on any atom is -0.338 e. The van der Waals surface area contributed by atoms with Gasteiger partial charge in [-0.15, -0.1) is 11.3 Å². The summed E-state index contributed by atoms with van der Waals surface area (Å²) in [5, 5.41) is 9.71. The molecule has 1 aliphatic heterocycles. The molecule has 0 bridgehead atoms. The van der Waals surface area contributed by atoms with E-state index in [9.17, 15) is 9.59 Å². The van der Waals surface area contributed by atoms with Gasteiger partial charge in [-0.1, -0.05) is 42.5 Å². The van der Waals surface area contributed by atoms with Crippen molar-refractivity contribution in [2.24, 2.45) is 5.92 Å². The number of rotatable bonds is 5. The Morgan fingerprint density at radius 2 is 1.73 bits per heavy atom. The average Bonchev–Trinajstić information content (AvgIpc) is 3.55. The number of likely N-dealkylation sites (tertiary alicyclic amines) is 1. The van der Waals surface area contributed by atoms with Crippen molar-refractivity contribution in [2.75, 3.05) is 18.4 Å². The fraction of sp³-hybridized carbons (Fsp3) is 0.192. The summed E-state index contributed by atoms with van der Waals surface area (Å²) in [6.07, 6.45) is 3.36. The van der Waals surface area contributed by atoms with Gasteiger partial charge >= 0.3 is 0 Å². The number of hydrogen-bond acceptors (Lipinski definition) is 4. The number of amides is 2. The van der Waals surface area contributed by atoms with Crippen molar-refractivity contribution >= 4 is 28.8 Å². The Morgan fingerprint density at radius 1 is 0.970 bits per heavy atom. The van der Waals surface area contributed by atoms with Gasteiger partial charge in [0.05, 0.1) is 22.0 Å². The molecule has 1 aliphatic rings. The van der Waals surface area contributed by atoms with Crippen LogP contribution in [0.2, 0.25) is 0 Å². The van der Waals surface area contributed by atoms with Gasteiger partial charge in [0, 0.05) is 25.0 Å². The topological polar surface area (TPSA) is 67.2 Å². The number of aromatic nitrogens is 2. The van der Waals surface area contributed by atoms with E-state index < -0.39 is 0 Å². The summed E-state index contributed by atoms with van der Waals surface area (Å²) in [6.45, 7) is 1.03. The van der Waals surface area contributed by atoms with Gasteiger partial charge in [0.15, 0.2) is 0 Å². The number of benzene rings is 2. The fourth-order valence-corrected chi connectivity index (χ4v) is 4.87. The van der Waals surface area contributed by atoms with Crippen LogP contribution in [0.4, 0.5) is 5.69 Å². The lowest BCUT2D eigenvalue weighted by atomic mass is 9.96. The van der Waals surface area contributed by atoms with Gasteiger partial charge in [-0.25, -0.2) is 4.68 Å². The molecule has 0 spiro atoms. The zero-order valence-corrected chi connectivity index (χ0v) is 18.9. The molecule has 3 heterocycles. The van der Waals surface area contributed by atoms with E-state index in [1.54, 1.807) is 27.1 Å². The predicted octanol–water partition coefficient (Wildman–Crippen LogP) is 5.09. The van der Waals surface area contributed by atoms with Crippen LogP contribution in [0.1, 0.15) is 23.2 Å². The first-order valence-corrected chi connectivity index (χ1v) is 11.9. The average molecular weight is 457 g/mol. The number of para-hydroxylation sites is 2. The van der Waals surface area contributed by atoms with Gasteiger partial charge in [-0.05, 0) is 48.6 Å². The largest absolute Gasteiger partial charge is 0.338 e. The van der Waals surface area contributed by atoms with Gasteiger partial charge in [0.2, 0.25) is 5.91 Å². The smallest absolute Gasteiger partial charge is 0.257 e. The lowest BCUT2D eigenvalue weighted by Gasteiger charge is -2.32. The highest BCUT2D eigenvalue weighted by Gasteiger charge is 2.31. The van der Waals surface area contributed by atoms with Crippen molar-refractivity contribution in [3.8, 4) is 16.3 Å². The highest BCUT2D eigenvalue weighted by Crippen LogP contribution is 2.30. The molecule has 2 amide bonds. The predicted molar refractivity (Wildman–Crippen MR) is 131 cm³/mol. The van der Waals surface area contributed by atoms with Crippen molar-refractivity contribution in [3.63, 3.8) is 0 Å². The molecule has 1 N–H and O–H groups in total. The second-order valence-corrected chi connectivity index (χ2v) is 9.04. The first-order chi connectivity index (χ1) is 16.2. The van der Waals surface area contributed by atoms with Crippen LogP contribution in [0, 0.1) is 5.92 Å². The summed E-state index contributed by atoms with van der Waals surface area (Å²) in [7, 11) is 0. The van der Waals surface area contributed by atoms with E-state index in [0.29, 0.717) is 24.3 Å². The van der Waals surface area contributed by atoms with Crippen molar-refractivity contribution in [3.05, 3.63) is 89.9 Å². The summed E-state index contributed by atoms with van der Waals surface area (Å²) in [6, 6.07) is 23.1. The second kappa shape index (κ2) is 9.42. The van der Waals surface area contributed by atoms with Crippen LogP contribution in [0.15, 0.2) is 84.4 Å². The minimum absolute atomic E-state index is 0.0443. The summed E-state index contributed by atoms with van der Waals surface area (Å²) in [5.74, 6) is -0.368. The zero-order chi connectivity index (χ0) is 22.6. The number of hydrogen-bond donors (Lipinski definition) is 1. The van der Waals surface area contributed by atoms with Crippen molar-refractivity contribution in [2.45, 2.75) is 12.8 Å². The Balaban J connectivity index is 1.39. The Morgan fingerprint density at radius 3 is 2.45 bits per heavy atom. The lowest BCUT2D eigenvalue weighted by molar-refractivity contribution is -0.121. The van der Waals surface area contributed by atoms with Gasteiger partial charge in [0.25, 0.3) is 5.91 Å². The van der Waals surface area contributed by atoms with Crippen LogP contribution >= 0.6 is 11.3 Å².